The minimum Gasteiger partial charge on any atom is -0.481 e. The first-order valence-electron chi connectivity index (χ1n) is 14.1. The average Bonchev–Trinajstić information content (AvgIpc) is 2.80. The summed E-state index contributed by atoms with van der Waals surface area (Å²) in [6.45, 7) is 4.56. The summed E-state index contributed by atoms with van der Waals surface area (Å²) >= 11 is 0. The first-order chi connectivity index (χ1) is 16.1. The fourth-order valence-electron chi connectivity index (χ4n) is 4.13. The summed E-state index contributed by atoms with van der Waals surface area (Å²) in [6.07, 6.45) is 29.2. The second-order valence-electron chi connectivity index (χ2n) is 9.60. The lowest BCUT2D eigenvalue weighted by Crippen LogP contribution is -2.19. The molecule has 4 nitrogen and oxygen atoms in total. The van der Waals surface area contributed by atoms with E-state index in [2.05, 4.69) is 19.1 Å². The van der Waals surface area contributed by atoms with Crippen molar-refractivity contribution in [3.05, 3.63) is 12.2 Å². The maximum absolute atomic E-state index is 11.6. The summed E-state index contributed by atoms with van der Waals surface area (Å²) < 4.78 is 5.01. The van der Waals surface area contributed by atoms with Crippen LogP contribution in [0.3, 0.4) is 0 Å². The highest BCUT2D eigenvalue weighted by Gasteiger charge is 2.21. The number of carboxylic acids is 1. The van der Waals surface area contributed by atoms with Crippen LogP contribution < -0.4 is 0 Å². The van der Waals surface area contributed by atoms with E-state index in [0.29, 0.717) is 13.0 Å². The van der Waals surface area contributed by atoms with Crippen molar-refractivity contribution < 1.29 is 19.4 Å². The summed E-state index contributed by atoms with van der Waals surface area (Å²) in [5.74, 6) is -1.85. The van der Waals surface area contributed by atoms with Crippen molar-refractivity contribution in [3.63, 3.8) is 0 Å². The maximum Gasteiger partial charge on any atom is 0.307 e. The molecule has 33 heavy (non-hydrogen) atoms. The van der Waals surface area contributed by atoms with Gasteiger partial charge in [-0.2, -0.15) is 0 Å². The van der Waals surface area contributed by atoms with Crippen molar-refractivity contribution in [3.8, 4) is 0 Å². The number of carboxylic acid groups (broad SMARTS) is 1. The van der Waals surface area contributed by atoms with Crippen LogP contribution in [-0.4, -0.2) is 23.7 Å². The van der Waals surface area contributed by atoms with Crippen molar-refractivity contribution in [1.29, 1.82) is 0 Å². The molecule has 0 aromatic carbocycles. The van der Waals surface area contributed by atoms with E-state index in [9.17, 15) is 14.7 Å². The number of hydrogen-bond acceptors (Lipinski definition) is 3. The zero-order valence-corrected chi connectivity index (χ0v) is 22.0. The molecular formula is C29H54O4. The maximum atomic E-state index is 11.6. The van der Waals surface area contributed by atoms with Crippen LogP contribution in [0.2, 0.25) is 0 Å². The molecule has 1 unspecified atom stereocenters. The van der Waals surface area contributed by atoms with E-state index in [4.69, 9.17) is 4.74 Å². The highest BCUT2D eigenvalue weighted by molar-refractivity contribution is 5.78. The van der Waals surface area contributed by atoms with Crippen molar-refractivity contribution in [2.75, 3.05) is 6.61 Å². The predicted molar refractivity (Wildman–Crippen MR) is 140 cm³/mol. The number of carbonyl (C=O) groups excluding carboxylic acids is 1. The number of ether oxygens (including phenoxy) is 1. The topological polar surface area (TPSA) is 63.6 Å². The Morgan fingerprint density at radius 2 is 1.12 bits per heavy atom. The lowest BCUT2D eigenvalue weighted by atomic mass is 9.97. The summed E-state index contributed by atoms with van der Waals surface area (Å²) in [5.41, 5.74) is 0. The fourth-order valence-corrected chi connectivity index (χ4v) is 4.13. The van der Waals surface area contributed by atoms with Gasteiger partial charge < -0.3 is 9.84 Å². The Morgan fingerprint density at radius 3 is 1.58 bits per heavy atom. The highest BCUT2D eigenvalue weighted by atomic mass is 16.5. The number of aliphatic carboxylic acids is 1. The van der Waals surface area contributed by atoms with Gasteiger partial charge in [0, 0.05) is 0 Å². The molecule has 0 bridgehead atoms. The molecule has 0 saturated carbocycles. The van der Waals surface area contributed by atoms with E-state index in [1.165, 1.54) is 103 Å². The number of hydrogen-bond donors (Lipinski definition) is 1. The average molecular weight is 467 g/mol. The minimum atomic E-state index is -0.877. The van der Waals surface area contributed by atoms with Gasteiger partial charge in [-0.05, 0) is 38.5 Å². The second kappa shape index (κ2) is 25.3. The van der Waals surface area contributed by atoms with E-state index in [-0.39, 0.29) is 12.4 Å². The third-order valence-electron chi connectivity index (χ3n) is 6.29. The van der Waals surface area contributed by atoms with Gasteiger partial charge >= 0.3 is 11.9 Å². The Morgan fingerprint density at radius 1 is 0.667 bits per heavy atom. The Balaban J connectivity index is 3.38. The summed E-state index contributed by atoms with van der Waals surface area (Å²) in [7, 11) is 0. The smallest absolute Gasteiger partial charge is 0.307 e. The van der Waals surface area contributed by atoms with Crippen molar-refractivity contribution in [2.45, 2.75) is 149 Å². The Bertz CT molecular complexity index is 472. The molecular weight excluding hydrogens is 412 g/mol. The van der Waals surface area contributed by atoms with Gasteiger partial charge in [0.2, 0.25) is 0 Å². The normalized spacial score (nSPS) is 12.3. The second-order valence-corrected chi connectivity index (χ2v) is 9.60. The van der Waals surface area contributed by atoms with Crippen LogP contribution in [0.25, 0.3) is 0 Å². The molecule has 0 heterocycles. The molecule has 0 rings (SSSR count). The van der Waals surface area contributed by atoms with E-state index in [1.807, 2.05) is 6.92 Å². The molecule has 0 spiro atoms. The van der Waals surface area contributed by atoms with E-state index >= 15 is 0 Å². The molecule has 0 saturated heterocycles. The fraction of sp³-hybridized carbons (Fsp3) is 0.862. The number of allylic oxidation sites excluding steroid dienone is 2. The van der Waals surface area contributed by atoms with E-state index < -0.39 is 11.9 Å². The molecule has 0 aliphatic rings. The third kappa shape index (κ3) is 23.6. The van der Waals surface area contributed by atoms with E-state index in [1.54, 1.807) is 0 Å². The number of unbranched alkanes of at least 4 members (excludes halogenated alkanes) is 16. The largest absolute Gasteiger partial charge is 0.481 e. The van der Waals surface area contributed by atoms with E-state index in [0.717, 1.165) is 19.3 Å². The van der Waals surface area contributed by atoms with Crippen molar-refractivity contribution in [2.24, 2.45) is 5.92 Å². The van der Waals surface area contributed by atoms with Crippen LogP contribution in [0.4, 0.5) is 0 Å². The molecule has 0 aromatic heterocycles. The van der Waals surface area contributed by atoms with Gasteiger partial charge in [-0.25, -0.2) is 0 Å². The molecule has 1 N–H and O–H groups in total. The Labute approximate surface area is 204 Å². The van der Waals surface area contributed by atoms with Crippen LogP contribution in [0.5, 0.6) is 0 Å². The van der Waals surface area contributed by atoms with Crippen LogP contribution in [0, 0.1) is 5.92 Å². The zero-order valence-electron chi connectivity index (χ0n) is 22.0. The molecule has 4 heteroatoms. The number of rotatable bonds is 25. The van der Waals surface area contributed by atoms with Crippen LogP contribution >= 0.6 is 0 Å². The standard InChI is InChI=1S/C29H54O4/c1-3-5-6-7-8-9-10-11-12-13-14-15-16-17-18-19-20-21-22-23-24-27(29(31)32)26-28(30)33-25-4-2/h8-9,27H,3-7,10-26H2,1-2H3,(H,31,32)/b9-8+. The molecule has 1 atom stereocenters. The third-order valence-corrected chi connectivity index (χ3v) is 6.29. The highest BCUT2D eigenvalue weighted by Crippen LogP contribution is 2.17. The van der Waals surface area contributed by atoms with Crippen LogP contribution in [0.15, 0.2) is 12.2 Å². The van der Waals surface area contributed by atoms with Gasteiger partial charge in [0.1, 0.15) is 0 Å². The molecule has 0 aliphatic carbocycles. The molecule has 194 valence electrons. The van der Waals surface area contributed by atoms with Gasteiger partial charge in [0.05, 0.1) is 18.9 Å². The first kappa shape index (κ1) is 31.7. The van der Waals surface area contributed by atoms with Crippen molar-refractivity contribution in [1.82, 2.24) is 0 Å². The number of esters is 1. The van der Waals surface area contributed by atoms with Crippen LogP contribution in [-0.2, 0) is 14.3 Å². The molecule has 0 amide bonds. The molecule has 0 aliphatic heterocycles. The monoisotopic (exact) mass is 466 g/mol. The Hall–Kier alpha value is -1.32. The van der Waals surface area contributed by atoms with Gasteiger partial charge in [-0.1, -0.05) is 116 Å². The summed E-state index contributed by atoms with van der Waals surface area (Å²) in [4.78, 5) is 23.0. The van der Waals surface area contributed by atoms with Gasteiger partial charge in [-0.3, -0.25) is 9.59 Å². The van der Waals surface area contributed by atoms with Gasteiger partial charge in [0.15, 0.2) is 0 Å². The molecule has 0 fully saturated rings. The first-order valence-corrected chi connectivity index (χ1v) is 14.1. The Kier molecular flexibility index (Phi) is 24.3. The van der Waals surface area contributed by atoms with Crippen molar-refractivity contribution >= 4 is 11.9 Å². The quantitative estimate of drug-likeness (QED) is 0.0828. The van der Waals surface area contributed by atoms with Gasteiger partial charge in [0.25, 0.3) is 0 Å². The zero-order chi connectivity index (χ0) is 24.4. The number of carbonyl (C=O) groups is 2. The lowest BCUT2D eigenvalue weighted by Gasteiger charge is -2.11. The summed E-state index contributed by atoms with van der Waals surface area (Å²) in [5, 5.41) is 9.30. The predicted octanol–water partition coefficient (Wildman–Crippen LogP) is 9.02. The summed E-state index contributed by atoms with van der Waals surface area (Å²) in [6, 6.07) is 0. The molecule has 0 aromatic rings. The van der Waals surface area contributed by atoms with Gasteiger partial charge in [-0.15, -0.1) is 0 Å². The van der Waals surface area contributed by atoms with Crippen LogP contribution in [0.1, 0.15) is 149 Å². The lowest BCUT2D eigenvalue weighted by molar-refractivity contribution is -0.151. The molecule has 0 radical (unpaired) electrons. The minimum absolute atomic E-state index is 0.00546. The SMILES string of the molecule is CCCCC/C=C/CCCCCCCCCCCCCCCC(CC(=O)OCCC)C(=O)O.